The van der Waals surface area contributed by atoms with E-state index in [4.69, 9.17) is 23.2 Å². The number of halogens is 2. The first kappa shape index (κ1) is 13.1. The van der Waals surface area contributed by atoms with Crippen molar-refractivity contribution in [2.75, 3.05) is 5.32 Å². The van der Waals surface area contributed by atoms with Gasteiger partial charge in [0.05, 0.1) is 0 Å². The molecule has 18 heavy (non-hydrogen) atoms. The van der Waals surface area contributed by atoms with Gasteiger partial charge in [-0.1, -0.05) is 29.3 Å². The van der Waals surface area contributed by atoms with Crippen molar-refractivity contribution in [1.29, 1.82) is 0 Å². The Bertz CT molecular complexity index is 597. The fourth-order valence-corrected chi connectivity index (χ4v) is 1.90. The molecule has 94 valence electrons. The molecular formula is C13H13Cl2N3. The van der Waals surface area contributed by atoms with Crippen LogP contribution in [0.3, 0.4) is 0 Å². The molecule has 0 saturated carbocycles. The van der Waals surface area contributed by atoms with Crippen LogP contribution in [0.25, 0.3) is 0 Å². The number of nitrogens with one attached hydrogen (secondary N) is 1. The van der Waals surface area contributed by atoms with Crippen LogP contribution < -0.4 is 5.32 Å². The molecular weight excluding hydrogens is 269 g/mol. The highest BCUT2D eigenvalue weighted by Gasteiger charge is 2.09. The second kappa shape index (κ2) is 5.12. The summed E-state index contributed by atoms with van der Waals surface area (Å²) in [6.45, 7) is 5.88. The van der Waals surface area contributed by atoms with Gasteiger partial charge < -0.3 is 5.32 Å². The molecule has 1 N–H and O–H groups in total. The van der Waals surface area contributed by atoms with Crippen molar-refractivity contribution in [3.63, 3.8) is 0 Å². The van der Waals surface area contributed by atoms with Crippen LogP contribution in [0.2, 0.25) is 10.2 Å². The van der Waals surface area contributed by atoms with Crippen LogP contribution >= 0.6 is 23.2 Å². The number of anilines is 2. The summed E-state index contributed by atoms with van der Waals surface area (Å²) in [6, 6.07) is 5.67. The number of hydrogen-bond acceptors (Lipinski definition) is 3. The van der Waals surface area contributed by atoms with Gasteiger partial charge in [-0.2, -0.15) is 0 Å². The number of benzene rings is 1. The molecule has 1 aromatic carbocycles. The van der Waals surface area contributed by atoms with Gasteiger partial charge in [-0.05, 0) is 49.6 Å². The number of aryl methyl sites for hydroxylation is 1. The molecule has 0 aliphatic carbocycles. The lowest BCUT2D eigenvalue weighted by molar-refractivity contribution is 1.00. The fraction of sp³-hybridized carbons (Fsp3) is 0.231. The third kappa shape index (κ3) is 2.57. The summed E-state index contributed by atoms with van der Waals surface area (Å²) >= 11 is 11.9. The second-order valence-electron chi connectivity index (χ2n) is 4.17. The molecule has 5 heteroatoms. The van der Waals surface area contributed by atoms with Crippen molar-refractivity contribution in [3.05, 3.63) is 45.1 Å². The van der Waals surface area contributed by atoms with E-state index in [0.717, 1.165) is 22.4 Å². The predicted octanol–water partition coefficient (Wildman–Crippen LogP) is 4.45. The van der Waals surface area contributed by atoms with Gasteiger partial charge in [0, 0.05) is 10.7 Å². The van der Waals surface area contributed by atoms with Crippen LogP contribution in [-0.4, -0.2) is 10.2 Å². The van der Waals surface area contributed by atoms with E-state index in [1.807, 2.05) is 39.0 Å². The average molecular weight is 282 g/mol. The number of rotatable bonds is 2. The van der Waals surface area contributed by atoms with Crippen molar-refractivity contribution < 1.29 is 0 Å². The minimum atomic E-state index is 0.431. The molecule has 0 spiro atoms. The maximum Gasteiger partial charge on any atom is 0.156 e. The molecule has 1 aromatic heterocycles. The van der Waals surface area contributed by atoms with E-state index in [0.29, 0.717) is 16.0 Å². The van der Waals surface area contributed by atoms with Crippen LogP contribution in [0, 0.1) is 20.8 Å². The maximum absolute atomic E-state index is 5.98. The normalized spacial score (nSPS) is 10.5. The van der Waals surface area contributed by atoms with Crippen molar-refractivity contribution in [2.45, 2.75) is 20.8 Å². The van der Waals surface area contributed by atoms with Crippen LogP contribution in [0.15, 0.2) is 18.2 Å². The van der Waals surface area contributed by atoms with Crippen molar-refractivity contribution in [1.82, 2.24) is 10.2 Å². The first-order valence-electron chi connectivity index (χ1n) is 5.51. The molecule has 1 heterocycles. The van der Waals surface area contributed by atoms with Crippen LogP contribution in [-0.2, 0) is 0 Å². The zero-order valence-electron chi connectivity index (χ0n) is 10.4. The van der Waals surface area contributed by atoms with E-state index >= 15 is 0 Å². The molecule has 3 nitrogen and oxygen atoms in total. The highest BCUT2D eigenvalue weighted by molar-refractivity contribution is 6.31. The number of nitrogens with zero attached hydrogens (tertiary/aromatic N) is 2. The van der Waals surface area contributed by atoms with E-state index in [-0.39, 0.29) is 0 Å². The standard InChI is InChI=1S/C13H13Cl2N3/c1-7-4-5-10(14)6-11(7)16-13-9(3)8(2)12(15)17-18-13/h4-6H,1-3H3,(H,16,18). The molecule has 0 saturated heterocycles. The summed E-state index contributed by atoms with van der Waals surface area (Å²) in [5.74, 6) is 0.697. The molecule has 0 bridgehead atoms. The average Bonchev–Trinajstić information content (AvgIpc) is 2.34. The van der Waals surface area contributed by atoms with E-state index in [9.17, 15) is 0 Å². The Morgan fingerprint density at radius 3 is 2.44 bits per heavy atom. The van der Waals surface area contributed by atoms with Crippen molar-refractivity contribution >= 4 is 34.7 Å². The highest BCUT2D eigenvalue weighted by Crippen LogP contribution is 2.27. The Kier molecular flexibility index (Phi) is 3.73. The Balaban J connectivity index is 2.40. The van der Waals surface area contributed by atoms with Crippen molar-refractivity contribution in [3.8, 4) is 0 Å². The summed E-state index contributed by atoms with van der Waals surface area (Å²) in [7, 11) is 0. The van der Waals surface area contributed by atoms with E-state index in [2.05, 4.69) is 15.5 Å². The molecule has 0 unspecified atom stereocenters. The smallest absolute Gasteiger partial charge is 0.156 e. The Labute approximate surface area is 116 Å². The summed E-state index contributed by atoms with van der Waals surface area (Å²) in [5, 5.41) is 12.3. The van der Waals surface area contributed by atoms with Gasteiger partial charge in [-0.15, -0.1) is 10.2 Å². The lowest BCUT2D eigenvalue weighted by Gasteiger charge is -2.12. The largest absolute Gasteiger partial charge is 0.338 e. The van der Waals surface area contributed by atoms with Crippen LogP contribution in [0.1, 0.15) is 16.7 Å². The van der Waals surface area contributed by atoms with Gasteiger partial charge in [-0.25, -0.2) is 0 Å². The molecule has 0 aliphatic heterocycles. The van der Waals surface area contributed by atoms with Crippen molar-refractivity contribution in [2.24, 2.45) is 0 Å². The maximum atomic E-state index is 5.98. The Hall–Kier alpha value is -1.32. The lowest BCUT2D eigenvalue weighted by Crippen LogP contribution is -2.02. The Morgan fingerprint density at radius 2 is 1.72 bits per heavy atom. The monoisotopic (exact) mass is 281 g/mol. The minimum Gasteiger partial charge on any atom is -0.338 e. The Morgan fingerprint density at radius 1 is 1.00 bits per heavy atom. The van der Waals surface area contributed by atoms with Crippen LogP contribution in [0.4, 0.5) is 11.5 Å². The molecule has 0 radical (unpaired) electrons. The lowest BCUT2D eigenvalue weighted by atomic mass is 10.1. The first-order chi connectivity index (χ1) is 8.49. The summed E-state index contributed by atoms with van der Waals surface area (Å²) in [4.78, 5) is 0. The summed E-state index contributed by atoms with van der Waals surface area (Å²) in [6.07, 6.45) is 0. The predicted molar refractivity (Wildman–Crippen MR) is 76.0 cm³/mol. The minimum absolute atomic E-state index is 0.431. The van der Waals surface area contributed by atoms with E-state index in [1.54, 1.807) is 0 Å². The topological polar surface area (TPSA) is 37.8 Å². The fourth-order valence-electron chi connectivity index (χ4n) is 1.55. The third-order valence-corrected chi connectivity index (χ3v) is 3.51. The van der Waals surface area contributed by atoms with Gasteiger partial charge in [0.2, 0.25) is 0 Å². The van der Waals surface area contributed by atoms with Gasteiger partial charge in [-0.3, -0.25) is 0 Å². The SMILES string of the molecule is Cc1ccc(Cl)cc1Nc1nnc(Cl)c(C)c1C. The third-order valence-electron chi connectivity index (χ3n) is 2.92. The molecule has 0 fully saturated rings. The number of hydrogen-bond donors (Lipinski definition) is 1. The second-order valence-corrected chi connectivity index (χ2v) is 4.97. The van der Waals surface area contributed by atoms with E-state index < -0.39 is 0 Å². The summed E-state index contributed by atoms with van der Waals surface area (Å²) < 4.78 is 0. The van der Waals surface area contributed by atoms with Gasteiger partial charge in [0.1, 0.15) is 0 Å². The van der Waals surface area contributed by atoms with Gasteiger partial charge in [0.15, 0.2) is 11.0 Å². The molecule has 2 aromatic rings. The molecule has 0 aliphatic rings. The molecule has 2 rings (SSSR count). The summed E-state index contributed by atoms with van der Waals surface area (Å²) in [5.41, 5.74) is 3.91. The molecule has 0 atom stereocenters. The van der Waals surface area contributed by atoms with Gasteiger partial charge in [0.25, 0.3) is 0 Å². The first-order valence-corrected chi connectivity index (χ1v) is 6.27. The zero-order chi connectivity index (χ0) is 13.3. The highest BCUT2D eigenvalue weighted by atomic mass is 35.5. The quantitative estimate of drug-likeness (QED) is 0.884. The van der Waals surface area contributed by atoms with E-state index in [1.165, 1.54) is 0 Å². The van der Waals surface area contributed by atoms with Gasteiger partial charge >= 0.3 is 0 Å². The van der Waals surface area contributed by atoms with Crippen LogP contribution in [0.5, 0.6) is 0 Å². The zero-order valence-corrected chi connectivity index (χ0v) is 11.9. The number of aromatic nitrogens is 2. The molecule has 0 amide bonds.